The number of nitrogens with zero attached hydrogens (tertiary/aromatic N) is 3. The van der Waals surface area contributed by atoms with Gasteiger partial charge in [-0.25, -0.2) is 4.68 Å². The van der Waals surface area contributed by atoms with Crippen LogP contribution in [0.4, 0.5) is 5.69 Å². The number of rotatable bonds is 5. The highest BCUT2D eigenvalue weighted by Gasteiger charge is 2.35. The number of hydrogen-bond acceptors (Lipinski definition) is 5. The van der Waals surface area contributed by atoms with Crippen molar-refractivity contribution in [1.82, 2.24) is 20.6 Å². The first-order chi connectivity index (χ1) is 16.3. The van der Waals surface area contributed by atoms with Crippen molar-refractivity contribution in [3.8, 4) is 0 Å². The van der Waals surface area contributed by atoms with Crippen LogP contribution >= 0.6 is 0 Å². The molecule has 0 radical (unpaired) electrons. The molecule has 3 aromatic rings. The average Bonchev–Trinajstić information content (AvgIpc) is 3.24. The van der Waals surface area contributed by atoms with E-state index in [1.165, 1.54) is 4.68 Å². The van der Waals surface area contributed by atoms with Crippen LogP contribution in [0.25, 0.3) is 10.8 Å². The van der Waals surface area contributed by atoms with Gasteiger partial charge in [-0.05, 0) is 44.0 Å². The number of benzene rings is 2. The van der Waals surface area contributed by atoms with E-state index in [1.807, 2.05) is 31.2 Å². The lowest BCUT2D eigenvalue weighted by atomic mass is 10.1. The van der Waals surface area contributed by atoms with E-state index in [0.29, 0.717) is 10.8 Å². The quantitative estimate of drug-likeness (QED) is 0.567. The number of amides is 3. The van der Waals surface area contributed by atoms with E-state index >= 15 is 0 Å². The van der Waals surface area contributed by atoms with Crippen molar-refractivity contribution in [2.24, 2.45) is 5.92 Å². The molecule has 4 rings (SSSR count). The van der Waals surface area contributed by atoms with Gasteiger partial charge in [-0.15, -0.1) is 0 Å². The molecule has 3 amide bonds. The van der Waals surface area contributed by atoms with Gasteiger partial charge in [0.05, 0.1) is 17.3 Å². The third kappa shape index (κ3) is 4.41. The van der Waals surface area contributed by atoms with Crippen molar-refractivity contribution < 1.29 is 14.4 Å². The molecule has 9 heteroatoms. The maximum atomic E-state index is 12.9. The van der Waals surface area contributed by atoms with Crippen LogP contribution in [0.3, 0.4) is 0 Å². The van der Waals surface area contributed by atoms with Crippen molar-refractivity contribution in [3.05, 3.63) is 70.1 Å². The summed E-state index contributed by atoms with van der Waals surface area (Å²) in [6, 6.07) is 14.1. The highest BCUT2D eigenvalue weighted by atomic mass is 16.2. The lowest BCUT2D eigenvalue weighted by Crippen LogP contribution is -2.46. The molecule has 1 aliphatic heterocycles. The number of anilines is 1. The van der Waals surface area contributed by atoms with Gasteiger partial charge < -0.3 is 4.90 Å². The predicted molar refractivity (Wildman–Crippen MR) is 128 cm³/mol. The minimum atomic E-state index is -0.643. The van der Waals surface area contributed by atoms with Crippen molar-refractivity contribution in [2.45, 2.75) is 39.7 Å². The molecule has 2 heterocycles. The van der Waals surface area contributed by atoms with Gasteiger partial charge >= 0.3 is 0 Å². The molecule has 1 aromatic heterocycles. The summed E-state index contributed by atoms with van der Waals surface area (Å²) in [5.41, 5.74) is 6.42. The van der Waals surface area contributed by atoms with E-state index in [4.69, 9.17) is 0 Å². The fourth-order valence-corrected chi connectivity index (χ4v) is 4.08. The number of hydrogen-bond donors (Lipinski definition) is 2. The predicted octanol–water partition coefficient (Wildman–Crippen LogP) is 2.35. The molecule has 0 spiro atoms. The van der Waals surface area contributed by atoms with E-state index in [-0.39, 0.29) is 36.2 Å². The third-order valence-electron chi connectivity index (χ3n) is 5.96. The first-order valence-electron chi connectivity index (χ1n) is 11.3. The van der Waals surface area contributed by atoms with Crippen LogP contribution in [-0.2, 0) is 16.0 Å². The molecule has 2 N–H and O–H groups in total. The van der Waals surface area contributed by atoms with Gasteiger partial charge in [-0.1, -0.05) is 37.3 Å². The van der Waals surface area contributed by atoms with E-state index in [2.05, 4.69) is 16.0 Å². The monoisotopic (exact) mass is 461 g/mol. The second-order valence-electron chi connectivity index (χ2n) is 8.61. The molecule has 0 unspecified atom stereocenters. The summed E-state index contributed by atoms with van der Waals surface area (Å²) >= 11 is 0. The average molecular weight is 462 g/mol. The van der Waals surface area contributed by atoms with Gasteiger partial charge in [0.1, 0.15) is 0 Å². The molecular weight excluding hydrogens is 434 g/mol. The Morgan fingerprint density at radius 2 is 1.79 bits per heavy atom. The molecule has 1 saturated heterocycles. The number of carbonyl (C=O) groups is 3. The number of aromatic nitrogens is 2. The smallest absolute Gasteiger partial charge is 0.290 e. The Morgan fingerprint density at radius 3 is 2.50 bits per heavy atom. The summed E-state index contributed by atoms with van der Waals surface area (Å²) in [5, 5.41) is 5.00. The number of carbonyl (C=O) groups excluding carboxylic acids is 3. The summed E-state index contributed by atoms with van der Waals surface area (Å²) in [4.78, 5) is 52.4. The second-order valence-corrected chi connectivity index (χ2v) is 8.61. The van der Waals surface area contributed by atoms with Crippen LogP contribution in [0.2, 0.25) is 0 Å². The topological polar surface area (TPSA) is 113 Å². The molecule has 2 aromatic carbocycles. The van der Waals surface area contributed by atoms with Gasteiger partial charge in [0, 0.05) is 24.0 Å². The third-order valence-corrected chi connectivity index (χ3v) is 5.96. The largest absolute Gasteiger partial charge is 0.312 e. The molecular formula is C25H27N5O4. The first-order valence-corrected chi connectivity index (χ1v) is 11.3. The van der Waals surface area contributed by atoms with Gasteiger partial charge in [0.15, 0.2) is 5.69 Å². The zero-order valence-electron chi connectivity index (χ0n) is 19.4. The standard InChI is InChI=1S/C25H27N5O4/c1-4-16-8-7-9-18(12-16)29-14-17(13-21(29)31)23(32)26-27-24(33)22-19-10-5-6-11-20(19)25(34)30(28-22)15(2)3/h5-12,15,17H,4,13-14H2,1-3H3,(H,26,32)(H,27,33)/t17-/m1/s1. The highest BCUT2D eigenvalue weighted by Crippen LogP contribution is 2.26. The lowest BCUT2D eigenvalue weighted by molar-refractivity contribution is -0.126. The fraction of sp³-hybridized carbons (Fsp3) is 0.320. The number of fused-ring (bicyclic) bond motifs is 1. The van der Waals surface area contributed by atoms with Gasteiger partial charge in [0.2, 0.25) is 11.8 Å². The van der Waals surface area contributed by atoms with Gasteiger partial charge in [-0.3, -0.25) is 30.0 Å². The minimum absolute atomic E-state index is 0.0321. The molecule has 176 valence electrons. The normalized spacial score (nSPS) is 15.7. The molecule has 0 saturated carbocycles. The van der Waals surface area contributed by atoms with Crippen LogP contribution in [0.5, 0.6) is 0 Å². The summed E-state index contributed by atoms with van der Waals surface area (Å²) in [6.45, 7) is 5.86. The van der Waals surface area contributed by atoms with Crippen LogP contribution in [0.15, 0.2) is 53.3 Å². The summed E-state index contributed by atoms with van der Waals surface area (Å²) in [5.74, 6) is -1.85. The van der Waals surface area contributed by atoms with E-state index in [1.54, 1.807) is 43.0 Å². The number of hydrazine groups is 1. The fourth-order valence-electron chi connectivity index (χ4n) is 4.08. The number of aryl methyl sites for hydroxylation is 1. The summed E-state index contributed by atoms with van der Waals surface area (Å²) in [6.07, 6.45) is 0.899. The highest BCUT2D eigenvalue weighted by molar-refractivity contribution is 6.06. The maximum Gasteiger partial charge on any atom is 0.290 e. The number of nitrogens with one attached hydrogen (secondary N) is 2. The van der Waals surface area contributed by atoms with Crippen LogP contribution in [0, 0.1) is 5.92 Å². The first kappa shape index (κ1) is 23.2. The minimum Gasteiger partial charge on any atom is -0.312 e. The van der Waals surface area contributed by atoms with Crippen molar-refractivity contribution in [3.63, 3.8) is 0 Å². The van der Waals surface area contributed by atoms with Crippen molar-refractivity contribution >= 4 is 34.2 Å². The second kappa shape index (κ2) is 9.46. The van der Waals surface area contributed by atoms with Crippen LogP contribution < -0.4 is 21.3 Å². The van der Waals surface area contributed by atoms with Crippen LogP contribution in [0.1, 0.15) is 49.3 Å². The Kier molecular flexibility index (Phi) is 6.45. The zero-order chi connectivity index (χ0) is 24.4. The van der Waals surface area contributed by atoms with Gasteiger partial charge in [0.25, 0.3) is 11.5 Å². The lowest BCUT2D eigenvalue weighted by Gasteiger charge is -2.18. The van der Waals surface area contributed by atoms with Crippen molar-refractivity contribution in [1.29, 1.82) is 0 Å². The Labute approximate surface area is 196 Å². The summed E-state index contributed by atoms with van der Waals surface area (Å²) < 4.78 is 1.25. The SMILES string of the molecule is CCc1cccc(N2C[C@H](C(=O)NNC(=O)c3nn(C(C)C)c(=O)c4ccccc34)CC2=O)c1. The van der Waals surface area contributed by atoms with E-state index < -0.39 is 17.7 Å². The van der Waals surface area contributed by atoms with Crippen LogP contribution in [-0.4, -0.2) is 34.0 Å². The zero-order valence-corrected chi connectivity index (χ0v) is 19.4. The Morgan fingerprint density at radius 1 is 1.06 bits per heavy atom. The van der Waals surface area contributed by atoms with Crippen molar-refractivity contribution in [2.75, 3.05) is 11.4 Å². The Bertz CT molecular complexity index is 1330. The molecule has 0 bridgehead atoms. The van der Waals surface area contributed by atoms with E-state index in [0.717, 1.165) is 17.7 Å². The van der Waals surface area contributed by atoms with E-state index in [9.17, 15) is 19.2 Å². The molecule has 34 heavy (non-hydrogen) atoms. The maximum absolute atomic E-state index is 12.9. The Hall–Kier alpha value is -4.01. The van der Waals surface area contributed by atoms with Gasteiger partial charge in [-0.2, -0.15) is 5.10 Å². The molecule has 1 aliphatic rings. The molecule has 1 fully saturated rings. The molecule has 9 nitrogen and oxygen atoms in total. The molecule has 1 atom stereocenters. The molecule has 0 aliphatic carbocycles. The Balaban J connectivity index is 1.48. The summed E-state index contributed by atoms with van der Waals surface area (Å²) in [7, 11) is 0.